The molecule has 2 aromatic rings. The summed E-state index contributed by atoms with van der Waals surface area (Å²) in [5.74, 6) is 0.855. The molecule has 1 aromatic heterocycles. The monoisotopic (exact) mass is 370 g/mol. The molecule has 0 unspecified atom stereocenters. The number of methoxy groups -OCH3 is 2. The number of hydrogen-bond donors (Lipinski definition) is 1. The van der Waals surface area contributed by atoms with Crippen LogP contribution in [0, 0.1) is 0 Å². The van der Waals surface area contributed by atoms with Crippen LogP contribution in [0.25, 0.3) is 0 Å². The Morgan fingerprint density at radius 2 is 2.14 bits per heavy atom. The number of carbonyl (C=O) groups is 1. The summed E-state index contributed by atoms with van der Waals surface area (Å²) in [5.41, 5.74) is 6.34. The first-order chi connectivity index (χ1) is 10.1. The largest absolute Gasteiger partial charge is 0.495 e. The Hall–Kier alpha value is -1.44. The van der Waals surface area contributed by atoms with Crippen molar-refractivity contribution in [1.29, 1.82) is 0 Å². The molecule has 0 bridgehead atoms. The van der Waals surface area contributed by atoms with Crippen molar-refractivity contribution in [2.24, 2.45) is 5.73 Å². The van der Waals surface area contributed by atoms with Gasteiger partial charge in [0.2, 0.25) is 5.78 Å². The first-order valence-electron chi connectivity index (χ1n) is 6.22. The lowest BCUT2D eigenvalue weighted by Crippen LogP contribution is -2.07. The van der Waals surface area contributed by atoms with E-state index in [4.69, 9.17) is 15.2 Å². The number of carbonyl (C=O) groups excluding carboxylic acids is 1. The van der Waals surface area contributed by atoms with E-state index < -0.39 is 0 Å². The molecule has 0 aliphatic carbocycles. The molecule has 0 amide bonds. The number of benzene rings is 1. The van der Waals surface area contributed by atoms with E-state index in [-0.39, 0.29) is 5.78 Å². The zero-order chi connectivity index (χ0) is 15.4. The summed E-state index contributed by atoms with van der Waals surface area (Å²) >= 11 is 4.82. The number of hydrogen-bond acceptors (Lipinski definition) is 6. The quantitative estimate of drug-likeness (QED) is 0.791. The van der Waals surface area contributed by atoms with Crippen molar-refractivity contribution in [2.75, 3.05) is 20.8 Å². The zero-order valence-corrected chi connectivity index (χ0v) is 14.1. The second-order valence-electron chi connectivity index (χ2n) is 4.16. The Morgan fingerprint density at radius 3 is 2.76 bits per heavy atom. The molecule has 1 aromatic carbocycles. The van der Waals surface area contributed by atoms with Gasteiger partial charge in [-0.2, -0.15) is 0 Å². The maximum absolute atomic E-state index is 12.6. The van der Waals surface area contributed by atoms with Crippen LogP contribution in [0.2, 0.25) is 0 Å². The van der Waals surface area contributed by atoms with Gasteiger partial charge >= 0.3 is 0 Å². The summed E-state index contributed by atoms with van der Waals surface area (Å²) in [4.78, 5) is 16.9. The maximum atomic E-state index is 12.6. The normalized spacial score (nSPS) is 10.5. The highest BCUT2D eigenvalue weighted by Crippen LogP contribution is 2.38. The third-order valence-corrected chi connectivity index (χ3v) is 4.53. The van der Waals surface area contributed by atoms with Gasteiger partial charge in [0, 0.05) is 11.8 Å². The van der Waals surface area contributed by atoms with E-state index in [1.165, 1.54) is 18.4 Å². The molecule has 0 saturated heterocycles. The maximum Gasteiger partial charge on any atom is 0.215 e. The van der Waals surface area contributed by atoms with Gasteiger partial charge in [-0.1, -0.05) is 0 Å². The minimum absolute atomic E-state index is 0.185. The fourth-order valence-corrected chi connectivity index (χ4v) is 3.33. The lowest BCUT2D eigenvalue weighted by atomic mass is 10.1. The average Bonchev–Trinajstić information content (AvgIpc) is 2.95. The van der Waals surface area contributed by atoms with Crippen molar-refractivity contribution in [3.05, 3.63) is 38.3 Å². The Morgan fingerprint density at radius 1 is 1.38 bits per heavy atom. The third kappa shape index (κ3) is 3.25. The molecule has 1 heterocycles. The third-order valence-electron chi connectivity index (χ3n) is 2.87. The molecule has 2 rings (SSSR count). The second-order valence-corrected chi connectivity index (χ2v) is 5.89. The van der Waals surface area contributed by atoms with E-state index in [1.807, 2.05) is 0 Å². The predicted molar refractivity (Wildman–Crippen MR) is 85.6 cm³/mol. The van der Waals surface area contributed by atoms with Crippen molar-refractivity contribution in [1.82, 2.24) is 4.98 Å². The van der Waals surface area contributed by atoms with Crippen molar-refractivity contribution in [3.8, 4) is 11.5 Å². The Kier molecular flexibility index (Phi) is 5.33. The van der Waals surface area contributed by atoms with Gasteiger partial charge in [-0.3, -0.25) is 4.79 Å². The van der Waals surface area contributed by atoms with Crippen LogP contribution in [0.1, 0.15) is 21.1 Å². The number of aromatic nitrogens is 1. The SMILES string of the molecule is COc1ccc(C(=O)c2csc(CCN)n2)c(OC)c1Br. The lowest BCUT2D eigenvalue weighted by molar-refractivity contribution is 0.103. The van der Waals surface area contributed by atoms with E-state index in [0.717, 1.165) is 5.01 Å². The second kappa shape index (κ2) is 7.02. The Balaban J connectivity index is 2.40. The van der Waals surface area contributed by atoms with Gasteiger partial charge in [-0.25, -0.2) is 4.98 Å². The van der Waals surface area contributed by atoms with Gasteiger partial charge < -0.3 is 15.2 Å². The molecule has 0 saturated carbocycles. The Labute approximate surface area is 135 Å². The highest BCUT2D eigenvalue weighted by molar-refractivity contribution is 9.10. The van der Waals surface area contributed by atoms with Crippen LogP contribution in [0.5, 0.6) is 11.5 Å². The number of nitrogens with zero attached hydrogens (tertiary/aromatic N) is 1. The van der Waals surface area contributed by atoms with Gasteiger partial charge in [0.1, 0.15) is 21.7 Å². The number of rotatable bonds is 6. The van der Waals surface area contributed by atoms with Crippen LogP contribution in [-0.4, -0.2) is 31.5 Å². The zero-order valence-electron chi connectivity index (χ0n) is 11.7. The molecule has 21 heavy (non-hydrogen) atoms. The summed E-state index contributed by atoms with van der Waals surface area (Å²) in [6.45, 7) is 0.512. The van der Waals surface area contributed by atoms with Crippen molar-refractivity contribution >= 4 is 33.0 Å². The van der Waals surface area contributed by atoms with Crippen molar-refractivity contribution in [3.63, 3.8) is 0 Å². The number of thiazole rings is 1. The standard InChI is InChI=1S/C14H15BrN2O3S/c1-19-10-4-3-8(14(20-2)12(10)15)13(18)9-7-21-11(17-9)5-6-16/h3-4,7H,5-6,16H2,1-2H3. The molecule has 7 heteroatoms. The fraction of sp³-hybridized carbons (Fsp3) is 0.286. The number of halogens is 1. The van der Waals surface area contributed by atoms with E-state index in [0.29, 0.717) is 40.2 Å². The van der Waals surface area contributed by atoms with Gasteiger partial charge in [0.25, 0.3) is 0 Å². The van der Waals surface area contributed by atoms with Crippen LogP contribution in [0.15, 0.2) is 22.0 Å². The lowest BCUT2D eigenvalue weighted by Gasteiger charge is -2.11. The van der Waals surface area contributed by atoms with Crippen LogP contribution >= 0.6 is 27.3 Å². The van der Waals surface area contributed by atoms with E-state index in [1.54, 1.807) is 24.6 Å². The van der Waals surface area contributed by atoms with Crippen molar-refractivity contribution < 1.29 is 14.3 Å². The molecule has 5 nitrogen and oxygen atoms in total. The molecule has 0 aliphatic heterocycles. The van der Waals surface area contributed by atoms with E-state index >= 15 is 0 Å². The number of ketones is 1. The highest BCUT2D eigenvalue weighted by atomic mass is 79.9. The Bertz CT molecular complexity index is 658. The summed E-state index contributed by atoms with van der Waals surface area (Å²) in [6.07, 6.45) is 0.668. The molecular weight excluding hydrogens is 356 g/mol. The summed E-state index contributed by atoms with van der Waals surface area (Å²) < 4.78 is 11.1. The molecule has 112 valence electrons. The minimum Gasteiger partial charge on any atom is -0.495 e. The van der Waals surface area contributed by atoms with E-state index in [2.05, 4.69) is 20.9 Å². The fourth-order valence-electron chi connectivity index (χ4n) is 1.87. The number of nitrogens with two attached hydrogens (primary N) is 1. The smallest absolute Gasteiger partial charge is 0.215 e. The molecule has 0 radical (unpaired) electrons. The van der Waals surface area contributed by atoms with Gasteiger partial charge in [0.15, 0.2) is 0 Å². The topological polar surface area (TPSA) is 74.4 Å². The molecule has 0 atom stereocenters. The molecule has 0 spiro atoms. The minimum atomic E-state index is -0.185. The predicted octanol–water partition coefficient (Wildman–Crippen LogP) is 2.66. The number of ether oxygens (including phenoxy) is 2. The van der Waals surface area contributed by atoms with Gasteiger partial charge in [-0.15, -0.1) is 11.3 Å². The molecule has 0 aliphatic rings. The van der Waals surface area contributed by atoms with E-state index in [9.17, 15) is 4.79 Å². The van der Waals surface area contributed by atoms with Gasteiger partial charge in [-0.05, 0) is 34.6 Å². The first-order valence-corrected chi connectivity index (χ1v) is 7.89. The van der Waals surface area contributed by atoms with Crippen LogP contribution in [-0.2, 0) is 6.42 Å². The van der Waals surface area contributed by atoms with Gasteiger partial charge in [0.05, 0.1) is 24.8 Å². The average molecular weight is 371 g/mol. The summed E-state index contributed by atoms with van der Waals surface area (Å²) in [6, 6.07) is 3.39. The first kappa shape index (κ1) is 15.9. The van der Waals surface area contributed by atoms with Crippen LogP contribution < -0.4 is 15.2 Å². The molecular formula is C14H15BrN2O3S. The summed E-state index contributed by atoms with van der Waals surface area (Å²) in [5, 5.41) is 2.60. The molecule has 2 N–H and O–H groups in total. The molecule has 0 fully saturated rings. The summed E-state index contributed by atoms with van der Waals surface area (Å²) in [7, 11) is 3.07. The highest BCUT2D eigenvalue weighted by Gasteiger charge is 2.21. The van der Waals surface area contributed by atoms with Crippen LogP contribution in [0.3, 0.4) is 0 Å². The van der Waals surface area contributed by atoms with Crippen LogP contribution in [0.4, 0.5) is 0 Å². The van der Waals surface area contributed by atoms with Crippen molar-refractivity contribution in [2.45, 2.75) is 6.42 Å².